The molecular formula is C8H14N2. The van der Waals surface area contributed by atoms with Crippen molar-refractivity contribution in [3.63, 3.8) is 0 Å². The molecular weight excluding hydrogens is 124 g/mol. The molecule has 1 heterocycles. The number of hydrogen-bond donors (Lipinski definition) is 1. The van der Waals surface area contributed by atoms with Crippen molar-refractivity contribution in [2.75, 3.05) is 6.54 Å². The Hall–Kier alpha value is -0.760. The van der Waals surface area contributed by atoms with Gasteiger partial charge in [0.25, 0.3) is 0 Å². The van der Waals surface area contributed by atoms with Crippen molar-refractivity contribution in [2.45, 2.75) is 19.4 Å². The Morgan fingerprint density at radius 1 is 1.10 bits per heavy atom. The van der Waals surface area contributed by atoms with Gasteiger partial charge in [0, 0.05) is 18.9 Å². The molecule has 10 heavy (non-hydrogen) atoms. The number of nitrogens with two attached hydrogens (primary N) is 1. The monoisotopic (exact) mass is 138 g/mol. The SMILES string of the molecule is NCCCCn1cccc1. The van der Waals surface area contributed by atoms with E-state index in [-0.39, 0.29) is 0 Å². The van der Waals surface area contributed by atoms with Gasteiger partial charge in [0.2, 0.25) is 0 Å². The van der Waals surface area contributed by atoms with Crippen LogP contribution < -0.4 is 5.73 Å². The van der Waals surface area contributed by atoms with Gasteiger partial charge in [0.1, 0.15) is 0 Å². The summed E-state index contributed by atoms with van der Waals surface area (Å²) in [5, 5.41) is 0. The molecule has 0 atom stereocenters. The third-order valence-corrected chi connectivity index (χ3v) is 1.54. The van der Waals surface area contributed by atoms with E-state index in [1.165, 1.54) is 6.42 Å². The molecule has 1 aromatic heterocycles. The fraction of sp³-hybridized carbons (Fsp3) is 0.500. The maximum atomic E-state index is 5.36. The molecule has 2 heteroatoms. The quantitative estimate of drug-likeness (QED) is 0.623. The van der Waals surface area contributed by atoms with E-state index < -0.39 is 0 Å². The lowest BCUT2D eigenvalue weighted by Crippen LogP contribution is -2.01. The molecule has 1 aromatic rings. The lowest BCUT2D eigenvalue weighted by molar-refractivity contribution is 0.617. The normalized spacial score (nSPS) is 10.1. The summed E-state index contributed by atoms with van der Waals surface area (Å²) in [4.78, 5) is 0. The Bertz CT molecular complexity index is 156. The van der Waals surface area contributed by atoms with Gasteiger partial charge in [0.15, 0.2) is 0 Å². The molecule has 0 amide bonds. The predicted molar refractivity (Wildman–Crippen MR) is 42.7 cm³/mol. The van der Waals surface area contributed by atoms with Crippen molar-refractivity contribution in [1.82, 2.24) is 4.57 Å². The van der Waals surface area contributed by atoms with E-state index in [1.54, 1.807) is 0 Å². The molecule has 0 unspecified atom stereocenters. The third kappa shape index (κ3) is 2.23. The van der Waals surface area contributed by atoms with E-state index in [0.29, 0.717) is 0 Å². The van der Waals surface area contributed by atoms with E-state index in [0.717, 1.165) is 19.5 Å². The second kappa shape index (κ2) is 4.12. The van der Waals surface area contributed by atoms with E-state index in [2.05, 4.69) is 17.0 Å². The summed E-state index contributed by atoms with van der Waals surface area (Å²) in [7, 11) is 0. The first-order valence-corrected chi connectivity index (χ1v) is 3.74. The van der Waals surface area contributed by atoms with Crippen molar-refractivity contribution in [3.8, 4) is 0 Å². The average molecular weight is 138 g/mol. The average Bonchev–Trinajstić information content (AvgIpc) is 2.41. The van der Waals surface area contributed by atoms with Crippen LogP contribution in [0.1, 0.15) is 12.8 Å². The number of rotatable bonds is 4. The molecule has 0 aromatic carbocycles. The summed E-state index contributed by atoms with van der Waals surface area (Å²) in [6.45, 7) is 1.91. The van der Waals surface area contributed by atoms with Crippen LogP contribution in [0.3, 0.4) is 0 Å². The standard InChI is InChI=1S/C8H14N2/c9-5-1-2-6-10-7-3-4-8-10/h3-4,7-8H,1-2,5-6,9H2. The fourth-order valence-electron chi connectivity index (χ4n) is 0.958. The smallest absolute Gasteiger partial charge is 0.0220 e. The second-order valence-electron chi connectivity index (χ2n) is 2.42. The maximum Gasteiger partial charge on any atom is 0.0220 e. The van der Waals surface area contributed by atoms with E-state index in [9.17, 15) is 0 Å². The highest BCUT2D eigenvalue weighted by Crippen LogP contribution is 1.94. The molecule has 2 nitrogen and oxygen atoms in total. The molecule has 0 bridgehead atoms. The van der Waals surface area contributed by atoms with Crippen LogP contribution in [0.25, 0.3) is 0 Å². The topological polar surface area (TPSA) is 30.9 Å². The number of aromatic nitrogens is 1. The van der Waals surface area contributed by atoms with Gasteiger partial charge in [-0.3, -0.25) is 0 Å². The molecule has 0 saturated heterocycles. The lowest BCUT2D eigenvalue weighted by Gasteiger charge is -1.99. The van der Waals surface area contributed by atoms with Crippen molar-refractivity contribution < 1.29 is 0 Å². The first-order chi connectivity index (χ1) is 4.93. The molecule has 56 valence electrons. The van der Waals surface area contributed by atoms with E-state index in [4.69, 9.17) is 5.73 Å². The van der Waals surface area contributed by atoms with Crippen LogP contribution in [0, 0.1) is 0 Å². The minimum absolute atomic E-state index is 0.807. The Morgan fingerprint density at radius 2 is 1.80 bits per heavy atom. The van der Waals surface area contributed by atoms with Crippen molar-refractivity contribution in [2.24, 2.45) is 5.73 Å². The zero-order chi connectivity index (χ0) is 7.23. The molecule has 0 aliphatic heterocycles. The van der Waals surface area contributed by atoms with Gasteiger partial charge in [-0.2, -0.15) is 0 Å². The molecule has 0 spiro atoms. The van der Waals surface area contributed by atoms with Crippen LogP contribution in [0.2, 0.25) is 0 Å². The highest BCUT2D eigenvalue weighted by Gasteiger charge is 1.86. The number of hydrogen-bond acceptors (Lipinski definition) is 1. The summed E-state index contributed by atoms with van der Waals surface area (Å²) in [5.41, 5.74) is 5.36. The highest BCUT2D eigenvalue weighted by atomic mass is 14.9. The molecule has 0 aliphatic carbocycles. The third-order valence-electron chi connectivity index (χ3n) is 1.54. The van der Waals surface area contributed by atoms with Crippen LogP contribution in [-0.2, 0) is 6.54 Å². The molecule has 1 rings (SSSR count). The minimum Gasteiger partial charge on any atom is -0.354 e. The molecule has 0 saturated carbocycles. The molecule has 0 radical (unpaired) electrons. The Labute approximate surface area is 61.7 Å². The zero-order valence-electron chi connectivity index (χ0n) is 6.16. The second-order valence-corrected chi connectivity index (χ2v) is 2.42. The van der Waals surface area contributed by atoms with Crippen molar-refractivity contribution in [3.05, 3.63) is 24.5 Å². The summed E-state index contributed by atoms with van der Waals surface area (Å²) in [6.07, 6.45) is 6.47. The fourth-order valence-corrected chi connectivity index (χ4v) is 0.958. The number of aryl methyl sites for hydroxylation is 1. The summed E-state index contributed by atoms with van der Waals surface area (Å²) in [5.74, 6) is 0. The summed E-state index contributed by atoms with van der Waals surface area (Å²) >= 11 is 0. The van der Waals surface area contributed by atoms with E-state index >= 15 is 0 Å². The first kappa shape index (κ1) is 7.35. The van der Waals surface area contributed by atoms with Crippen LogP contribution in [0.15, 0.2) is 24.5 Å². The zero-order valence-corrected chi connectivity index (χ0v) is 6.16. The number of unbranched alkanes of at least 4 members (excludes halogenated alkanes) is 1. The number of nitrogens with zero attached hydrogens (tertiary/aromatic N) is 1. The predicted octanol–water partition coefficient (Wildman–Crippen LogP) is 1.23. The lowest BCUT2D eigenvalue weighted by atomic mass is 10.3. The van der Waals surface area contributed by atoms with Gasteiger partial charge in [-0.25, -0.2) is 0 Å². The Kier molecular flexibility index (Phi) is 3.03. The van der Waals surface area contributed by atoms with Gasteiger partial charge in [-0.1, -0.05) is 0 Å². The summed E-state index contributed by atoms with van der Waals surface area (Å²) in [6, 6.07) is 4.09. The van der Waals surface area contributed by atoms with Gasteiger partial charge in [0.05, 0.1) is 0 Å². The summed E-state index contributed by atoms with van der Waals surface area (Å²) < 4.78 is 2.18. The van der Waals surface area contributed by atoms with Crippen LogP contribution in [0.4, 0.5) is 0 Å². The van der Waals surface area contributed by atoms with Gasteiger partial charge in [-0.15, -0.1) is 0 Å². The van der Waals surface area contributed by atoms with Crippen LogP contribution in [-0.4, -0.2) is 11.1 Å². The van der Waals surface area contributed by atoms with Gasteiger partial charge >= 0.3 is 0 Å². The van der Waals surface area contributed by atoms with Crippen molar-refractivity contribution >= 4 is 0 Å². The molecule has 0 aliphatic rings. The maximum absolute atomic E-state index is 5.36. The first-order valence-electron chi connectivity index (χ1n) is 3.74. The van der Waals surface area contributed by atoms with Crippen LogP contribution in [0.5, 0.6) is 0 Å². The van der Waals surface area contributed by atoms with Crippen molar-refractivity contribution in [1.29, 1.82) is 0 Å². The van der Waals surface area contributed by atoms with Gasteiger partial charge in [-0.05, 0) is 31.5 Å². The van der Waals surface area contributed by atoms with Gasteiger partial charge < -0.3 is 10.3 Å². The van der Waals surface area contributed by atoms with Crippen LogP contribution >= 0.6 is 0 Å². The highest BCUT2D eigenvalue weighted by molar-refractivity contribution is 4.89. The Morgan fingerprint density at radius 3 is 2.40 bits per heavy atom. The minimum atomic E-state index is 0.807. The molecule has 0 fully saturated rings. The Balaban J connectivity index is 2.15. The van der Waals surface area contributed by atoms with E-state index in [1.807, 2.05) is 12.1 Å². The molecule has 2 N–H and O–H groups in total. The largest absolute Gasteiger partial charge is 0.354 e.